The molecule has 0 saturated carbocycles. The Kier molecular flexibility index (Phi) is 2.93. The van der Waals surface area contributed by atoms with Crippen molar-refractivity contribution in [3.63, 3.8) is 0 Å². The van der Waals surface area contributed by atoms with Crippen molar-refractivity contribution in [2.75, 3.05) is 18.1 Å². The van der Waals surface area contributed by atoms with Crippen LogP contribution in [0, 0.1) is 0 Å². The predicted octanol–water partition coefficient (Wildman–Crippen LogP) is 1.77. The topological polar surface area (TPSA) is 49.8 Å². The second kappa shape index (κ2) is 4.20. The molecular weight excluding hydrogens is 262 g/mol. The van der Waals surface area contributed by atoms with E-state index in [0.717, 1.165) is 10.2 Å². The molecule has 2 rings (SSSR count). The molecule has 1 saturated heterocycles. The number of aliphatic hydroxyl groups excluding tert-OH is 1. The average molecular weight is 272 g/mol. The van der Waals surface area contributed by atoms with Crippen molar-refractivity contribution in [1.82, 2.24) is 0 Å². The summed E-state index contributed by atoms with van der Waals surface area (Å²) in [6, 6.07) is 7.36. The molecule has 1 aromatic carbocycles. The van der Waals surface area contributed by atoms with E-state index in [1.807, 2.05) is 24.3 Å². The molecule has 4 nitrogen and oxygen atoms in total. The Labute approximate surface area is 95.6 Å². The molecule has 0 unspecified atom stereocenters. The van der Waals surface area contributed by atoms with E-state index < -0.39 is 12.2 Å². The van der Waals surface area contributed by atoms with Crippen molar-refractivity contribution in [3.8, 4) is 0 Å². The Bertz CT molecular complexity index is 365. The number of hydrogen-bond donors (Lipinski definition) is 1. The van der Waals surface area contributed by atoms with Crippen LogP contribution in [0.1, 0.15) is 0 Å². The largest absolute Gasteiger partial charge is 0.441 e. The summed E-state index contributed by atoms with van der Waals surface area (Å²) in [4.78, 5) is 12.9. The van der Waals surface area contributed by atoms with Gasteiger partial charge in [-0.05, 0) is 24.3 Å². The van der Waals surface area contributed by atoms with E-state index in [2.05, 4.69) is 15.9 Å². The first kappa shape index (κ1) is 10.4. The summed E-state index contributed by atoms with van der Waals surface area (Å²) in [5.74, 6) is 0. The molecule has 0 spiro atoms. The highest BCUT2D eigenvalue weighted by Crippen LogP contribution is 2.23. The molecule has 1 aliphatic heterocycles. The summed E-state index contributed by atoms with van der Waals surface area (Å²) in [6.07, 6.45) is -0.822. The minimum atomic E-state index is -0.416. The van der Waals surface area contributed by atoms with Crippen molar-refractivity contribution >= 4 is 27.7 Å². The number of nitrogens with zero attached hydrogens (tertiary/aromatic N) is 1. The highest BCUT2D eigenvalue weighted by Gasteiger charge is 2.31. The summed E-state index contributed by atoms with van der Waals surface area (Å²) in [6.45, 7) is 0.260. The first-order valence-electron chi connectivity index (χ1n) is 4.55. The summed E-state index contributed by atoms with van der Waals surface area (Å²) >= 11 is 3.32. The van der Waals surface area contributed by atoms with Crippen LogP contribution in [-0.4, -0.2) is 30.5 Å². The number of carbonyl (C=O) groups excluding carboxylic acids is 1. The summed E-state index contributed by atoms with van der Waals surface area (Å²) in [5.41, 5.74) is 0.777. The zero-order valence-electron chi connectivity index (χ0n) is 7.89. The third-order valence-corrected chi connectivity index (χ3v) is 2.74. The highest BCUT2D eigenvalue weighted by molar-refractivity contribution is 9.10. The summed E-state index contributed by atoms with van der Waals surface area (Å²) in [7, 11) is 0. The lowest BCUT2D eigenvalue weighted by atomic mass is 10.3. The number of cyclic esters (lactones) is 1. The maximum atomic E-state index is 11.4. The molecule has 1 atom stereocenters. The van der Waals surface area contributed by atoms with E-state index >= 15 is 0 Å². The third kappa shape index (κ3) is 2.13. The van der Waals surface area contributed by atoms with Gasteiger partial charge in [-0.1, -0.05) is 15.9 Å². The molecule has 0 radical (unpaired) electrons. The van der Waals surface area contributed by atoms with Crippen LogP contribution in [0.3, 0.4) is 0 Å². The van der Waals surface area contributed by atoms with Gasteiger partial charge in [-0.15, -0.1) is 0 Å². The lowest BCUT2D eigenvalue weighted by Crippen LogP contribution is -2.25. The molecule has 1 aliphatic rings. The number of amides is 1. The number of hydrogen-bond acceptors (Lipinski definition) is 3. The Morgan fingerprint density at radius 1 is 1.47 bits per heavy atom. The van der Waals surface area contributed by atoms with E-state index in [0.29, 0.717) is 6.54 Å². The van der Waals surface area contributed by atoms with Gasteiger partial charge in [0.2, 0.25) is 0 Å². The van der Waals surface area contributed by atoms with E-state index in [4.69, 9.17) is 9.84 Å². The van der Waals surface area contributed by atoms with Gasteiger partial charge in [0, 0.05) is 10.2 Å². The van der Waals surface area contributed by atoms with Crippen molar-refractivity contribution in [1.29, 1.82) is 0 Å². The van der Waals surface area contributed by atoms with E-state index in [1.54, 1.807) is 0 Å². The van der Waals surface area contributed by atoms with Crippen LogP contribution in [-0.2, 0) is 4.74 Å². The molecule has 1 aromatic rings. The number of ether oxygens (including phenoxy) is 1. The fraction of sp³-hybridized carbons (Fsp3) is 0.300. The molecule has 1 amide bonds. The molecule has 80 valence electrons. The van der Waals surface area contributed by atoms with Crippen LogP contribution in [0.4, 0.5) is 10.5 Å². The van der Waals surface area contributed by atoms with Gasteiger partial charge in [0.15, 0.2) is 0 Å². The third-order valence-electron chi connectivity index (χ3n) is 2.22. The maximum Gasteiger partial charge on any atom is 0.414 e. The first-order valence-corrected chi connectivity index (χ1v) is 5.34. The van der Waals surface area contributed by atoms with Crippen molar-refractivity contribution in [2.45, 2.75) is 6.10 Å². The second-order valence-electron chi connectivity index (χ2n) is 3.28. The zero-order chi connectivity index (χ0) is 10.8. The lowest BCUT2D eigenvalue weighted by molar-refractivity contribution is 0.0963. The van der Waals surface area contributed by atoms with Gasteiger partial charge in [-0.3, -0.25) is 4.90 Å². The number of anilines is 1. The van der Waals surface area contributed by atoms with Gasteiger partial charge >= 0.3 is 6.09 Å². The molecule has 15 heavy (non-hydrogen) atoms. The van der Waals surface area contributed by atoms with E-state index in [-0.39, 0.29) is 6.61 Å². The molecule has 0 bridgehead atoms. The molecule has 0 aliphatic carbocycles. The van der Waals surface area contributed by atoms with Gasteiger partial charge in [0.1, 0.15) is 6.10 Å². The van der Waals surface area contributed by atoms with Crippen LogP contribution in [0.15, 0.2) is 28.7 Å². The number of carbonyl (C=O) groups is 1. The predicted molar refractivity (Wildman–Crippen MR) is 58.8 cm³/mol. The SMILES string of the molecule is O=C1O[C@H](CO)CN1c1ccc(Br)cc1. The number of benzene rings is 1. The van der Waals surface area contributed by atoms with E-state index in [9.17, 15) is 4.79 Å². The Hall–Kier alpha value is -1.07. The minimum absolute atomic E-state index is 0.140. The average Bonchev–Trinajstić information content (AvgIpc) is 2.61. The Morgan fingerprint density at radius 2 is 2.13 bits per heavy atom. The minimum Gasteiger partial charge on any atom is -0.441 e. The quantitative estimate of drug-likeness (QED) is 0.892. The molecule has 1 fully saturated rings. The van der Waals surface area contributed by atoms with Crippen molar-refractivity contribution < 1.29 is 14.6 Å². The molecular formula is C10H10BrNO3. The fourth-order valence-corrected chi connectivity index (χ4v) is 1.71. The van der Waals surface area contributed by atoms with Crippen LogP contribution < -0.4 is 4.90 Å². The summed E-state index contributed by atoms with van der Waals surface area (Å²) in [5, 5.41) is 8.88. The summed E-state index contributed by atoms with van der Waals surface area (Å²) < 4.78 is 5.89. The van der Waals surface area contributed by atoms with Crippen molar-refractivity contribution in [3.05, 3.63) is 28.7 Å². The van der Waals surface area contributed by atoms with Crippen LogP contribution in [0.5, 0.6) is 0 Å². The fourth-order valence-electron chi connectivity index (χ4n) is 1.45. The number of rotatable bonds is 2. The molecule has 5 heteroatoms. The van der Waals surface area contributed by atoms with Gasteiger partial charge in [0.05, 0.1) is 13.2 Å². The van der Waals surface area contributed by atoms with Gasteiger partial charge in [0.25, 0.3) is 0 Å². The van der Waals surface area contributed by atoms with Crippen LogP contribution >= 0.6 is 15.9 Å². The molecule has 0 aromatic heterocycles. The van der Waals surface area contributed by atoms with Crippen LogP contribution in [0.25, 0.3) is 0 Å². The lowest BCUT2D eigenvalue weighted by Gasteiger charge is -2.12. The van der Waals surface area contributed by atoms with Crippen LogP contribution in [0.2, 0.25) is 0 Å². The van der Waals surface area contributed by atoms with E-state index in [1.165, 1.54) is 4.90 Å². The molecule has 1 heterocycles. The smallest absolute Gasteiger partial charge is 0.414 e. The van der Waals surface area contributed by atoms with Gasteiger partial charge < -0.3 is 9.84 Å². The highest BCUT2D eigenvalue weighted by atomic mass is 79.9. The maximum absolute atomic E-state index is 11.4. The monoisotopic (exact) mass is 271 g/mol. The number of halogens is 1. The standard InChI is InChI=1S/C10H10BrNO3/c11-7-1-3-8(4-2-7)12-5-9(6-13)15-10(12)14/h1-4,9,13H,5-6H2/t9-/m0/s1. The normalized spacial score (nSPS) is 20.5. The zero-order valence-corrected chi connectivity index (χ0v) is 9.48. The second-order valence-corrected chi connectivity index (χ2v) is 4.19. The Balaban J connectivity index is 2.18. The van der Waals surface area contributed by atoms with Crippen molar-refractivity contribution in [2.24, 2.45) is 0 Å². The Morgan fingerprint density at radius 3 is 2.67 bits per heavy atom. The van der Waals surface area contributed by atoms with Gasteiger partial charge in [-0.25, -0.2) is 4.79 Å². The van der Waals surface area contributed by atoms with Gasteiger partial charge in [-0.2, -0.15) is 0 Å². The number of aliphatic hydroxyl groups is 1. The molecule has 1 N–H and O–H groups in total. The first-order chi connectivity index (χ1) is 7.20.